The molecule has 0 N–H and O–H groups in total. The number of amides is 1. The van der Waals surface area contributed by atoms with Gasteiger partial charge in [-0.25, -0.2) is 0 Å². The minimum atomic E-state index is 0.502. The summed E-state index contributed by atoms with van der Waals surface area (Å²) in [6, 6.07) is 8.80. The van der Waals surface area contributed by atoms with Crippen LogP contribution in [0, 0.1) is 0 Å². The summed E-state index contributed by atoms with van der Waals surface area (Å²) in [4.78, 5) is 14.9. The zero-order valence-corrected chi connectivity index (χ0v) is 10.9. The van der Waals surface area contributed by atoms with Crippen molar-refractivity contribution in [2.45, 2.75) is 18.9 Å². The van der Waals surface area contributed by atoms with E-state index in [0.29, 0.717) is 6.04 Å². The summed E-state index contributed by atoms with van der Waals surface area (Å²) in [5, 5.41) is 0. The maximum Gasteiger partial charge on any atom is 0.209 e. The normalized spacial score (nSPS) is 16.4. The number of benzene rings is 1. The van der Waals surface area contributed by atoms with Crippen molar-refractivity contribution < 1.29 is 4.79 Å². The Kier molecular flexibility index (Phi) is 4.03. The van der Waals surface area contributed by atoms with Gasteiger partial charge in [-0.2, -0.15) is 0 Å². The van der Waals surface area contributed by atoms with E-state index in [1.807, 2.05) is 17.0 Å². The number of piperidine rings is 1. The molecule has 1 aliphatic heterocycles. The topological polar surface area (TPSA) is 23.6 Å². The first-order valence-electron chi connectivity index (χ1n) is 6.40. The molecule has 96 valence electrons. The molecular weight excluding hydrogens is 224 g/mol. The van der Waals surface area contributed by atoms with Crippen LogP contribution in [-0.4, -0.2) is 37.5 Å². The minimum absolute atomic E-state index is 0.502. The predicted octanol–water partition coefficient (Wildman–Crippen LogP) is 2.39. The molecule has 2 rings (SSSR count). The van der Waals surface area contributed by atoms with Crippen molar-refractivity contribution in [1.29, 1.82) is 0 Å². The van der Waals surface area contributed by atoms with Crippen LogP contribution in [0.3, 0.4) is 0 Å². The molecule has 1 fully saturated rings. The Morgan fingerprint density at radius 3 is 2.61 bits per heavy atom. The lowest BCUT2D eigenvalue weighted by Gasteiger charge is -2.37. The molecule has 0 atom stereocenters. The summed E-state index contributed by atoms with van der Waals surface area (Å²) < 4.78 is 0. The highest BCUT2D eigenvalue weighted by Crippen LogP contribution is 2.25. The third-order valence-electron chi connectivity index (χ3n) is 3.73. The van der Waals surface area contributed by atoms with Gasteiger partial charge in [-0.3, -0.25) is 4.79 Å². The summed E-state index contributed by atoms with van der Waals surface area (Å²) in [5.41, 5.74) is 2.38. The molecule has 0 spiro atoms. The molecule has 0 aliphatic carbocycles. The van der Waals surface area contributed by atoms with Crippen LogP contribution < -0.4 is 4.90 Å². The zero-order chi connectivity index (χ0) is 13.0. The fourth-order valence-electron chi connectivity index (χ4n) is 2.56. The monoisotopic (exact) mass is 244 g/mol. The maximum atomic E-state index is 10.7. The van der Waals surface area contributed by atoms with Gasteiger partial charge in [0.2, 0.25) is 6.41 Å². The standard InChI is InChI=1S/C15H20N2O/c1-3-13-6-4-5-7-15(13)16(2)14-8-10-17(12-18)11-9-14/h3-7,12,14H,1,8-11H2,2H3. The Hall–Kier alpha value is -1.77. The lowest BCUT2D eigenvalue weighted by molar-refractivity contribution is -0.119. The lowest BCUT2D eigenvalue weighted by Crippen LogP contribution is -2.43. The summed E-state index contributed by atoms with van der Waals surface area (Å²) in [6.07, 6.45) is 4.90. The van der Waals surface area contributed by atoms with Gasteiger partial charge in [0.25, 0.3) is 0 Å². The Morgan fingerprint density at radius 1 is 1.33 bits per heavy atom. The summed E-state index contributed by atoms with van der Waals surface area (Å²) in [5.74, 6) is 0. The zero-order valence-electron chi connectivity index (χ0n) is 10.9. The molecular formula is C15H20N2O. The molecule has 0 aromatic heterocycles. The lowest BCUT2D eigenvalue weighted by atomic mass is 10.0. The summed E-state index contributed by atoms with van der Waals surface area (Å²) >= 11 is 0. The van der Waals surface area contributed by atoms with E-state index in [-0.39, 0.29) is 0 Å². The third-order valence-corrected chi connectivity index (χ3v) is 3.73. The van der Waals surface area contributed by atoms with Crippen LogP contribution in [0.1, 0.15) is 18.4 Å². The highest BCUT2D eigenvalue weighted by molar-refractivity contribution is 5.66. The first-order chi connectivity index (χ1) is 8.76. The van der Waals surface area contributed by atoms with Crippen molar-refractivity contribution in [2.24, 2.45) is 0 Å². The van der Waals surface area contributed by atoms with Crippen molar-refractivity contribution in [3.8, 4) is 0 Å². The van der Waals surface area contributed by atoms with E-state index in [1.165, 1.54) is 5.69 Å². The van der Waals surface area contributed by atoms with Gasteiger partial charge in [0.1, 0.15) is 0 Å². The molecule has 18 heavy (non-hydrogen) atoms. The molecule has 1 amide bonds. The highest BCUT2D eigenvalue weighted by atomic mass is 16.1. The number of likely N-dealkylation sites (tertiary alicyclic amines) is 1. The van der Waals surface area contributed by atoms with E-state index >= 15 is 0 Å². The maximum absolute atomic E-state index is 10.7. The van der Waals surface area contributed by atoms with Gasteiger partial charge in [-0.05, 0) is 24.5 Å². The Balaban J connectivity index is 2.09. The SMILES string of the molecule is C=Cc1ccccc1N(C)C1CCN(C=O)CC1. The van der Waals surface area contributed by atoms with Crippen molar-refractivity contribution in [3.63, 3.8) is 0 Å². The van der Waals surface area contributed by atoms with E-state index in [2.05, 4.69) is 36.7 Å². The van der Waals surface area contributed by atoms with E-state index < -0.39 is 0 Å². The molecule has 1 heterocycles. The molecule has 0 bridgehead atoms. The molecule has 3 heteroatoms. The van der Waals surface area contributed by atoms with Crippen LogP contribution >= 0.6 is 0 Å². The van der Waals surface area contributed by atoms with Gasteiger partial charge in [0.05, 0.1) is 0 Å². The van der Waals surface area contributed by atoms with Crippen LogP contribution in [0.2, 0.25) is 0 Å². The van der Waals surface area contributed by atoms with Crippen LogP contribution in [-0.2, 0) is 4.79 Å². The largest absolute Gasteiger partial charge is 0.371 e. The Morgan fingerprint density at radius 2 is 2.00 bits per heavy atom. The van der Waals surface area contributed by atoms with Gasteiger partial charge in [-0.1, -0.05) is 30.9 Å². The fraction of sp³-hybridized carbons (Fsp3) is 0.400. The number of nitrogens with zero attached hydrogens (tertiary/aromatic N) is 2. The number of rotatable bonds is 4. The molecule has 3 nitrogen and oxygen atoms in total. The second-order valence-electron chi connectivity index (χ2n) is 4.75. The predicted molar refractivity (Wildman–Crippen MR) is 75.6 cm³/mol. The number of carbonyl (C=O) groups is 1. The molecule has 1 aromatic carbocycles. The minimum Gasteiger partial charge on any atom is -0.371 e. The molecule has 1 aliphatic rings. The third kappa shape index (κ3) is 2.55. The summed E-state index contributed by atoms with van der Waals surface area (Å²) in [7, 11) is 2.13. The second kappa shape index (κ2) is 5.71. The highest BCUT2D eigenvalue weighted by Gasteiger charge is 2.22. The molecule has 1 aromatic rings. The first kappa shape index (κ1) is 12.7. The fourth-order valence-corrected chi connectivity index (χ4v) is 2.56. The smallest absolute Gasteiger partial charge is 0.209 e. The van der Waals surface area contributed by atoms with Gasteiger partial charge in [0.15, 0.2) is 0 Å². The molecule has 0 unspecified atom stereocenters. The van der Waals surface area contributed by atoms with E-state index in [1.54, 1.807) is 0 Å². The second-order valence-corrected chi connectivity index (χ2v) is 4.75. The quantitative estimate of drug-likeness (QED) is 0.759. The van der Waals surface area contributed by atoms with Crippen LogP contribution in [0.4, 0.5) is 5.69 Å². The van der Waals surface area contributed by atoms with Gasteiger partial charge >= 0.3 is 0 Å². The first-order valence-corrected chi connectivity index (χ1v) is 6.40. The van der Waals surface area contributed by atoms with Crippen LogP contribution in [0.15, 0.2) is 30.8 Å². The Labute approximate surface area is 109 Å². The molecule has 0 saturated carbocycles. The number of carbonyl (C=O) groups excluding carboxylic acids is 1. The average molecular weight is 244 g/mol. The van der Waals surface area contributed by atoms with Crippen LogP contribution in [0.25, 0.3) is 6.08 Å². The number of anilines is 1. The van der Waals surface area contributed by atoms with Crippen molar-refractivity contribution in [2.75, 3.05) is 25.0 Å². The Bertz CT molecular complexity index is 422. The average Bonchev–Trinajstić information content (AvgIpc) is 2.46. The van der Waals surface area contributed by atoms with Gasteiger partial charge in [0, 0.05) is 31.9 Å². The van der Waals surface area contributed by atoms with E-state index in [0.717, 1.165) is 37.9 Å². The van der Waals surface area contributed by atoms with E-state index in [4.69, 9.17) is 0 Å². The van der Waals surface area contributed by atoms with Crippen LogP contribution in [0.5, 0.6) is 0 Å². The summed E-state index contributed by atoms with van der Waals surface area (Å²) in [6.45, 7) is 5.58. The van der Waals surface area contributed by atoms with Crippen molar-refractivity contribution in [3.05, 3.63) is 36.4 Å². The van der Waals surface area contributed by atoms with E-state index in [9.17, 15) is 4.79 Å². The van der Waals surface area contributed by atoms with Crippen molar-refractivity contribution >= 4 is 18.2 Å². The molecule has 0 radical (unpaired) electrons. The number of hydrogen-bond acceptors (Lipinski definition) is 2. The van der Waals surface area contributed by atoms with Crippen molar-refractivity contribution in [1.82, 2.24) is 4.90 Å². The van der Waals surface area contributed by atoms with Gasteiger partial charge in [-0.15, -0.1) is 0 Å². The number of para-hydroxylation sites is 1. The van der Waals surface area contributed by atoms with Gasteiger partial charge < -0.3 is 9.80 Å². The molecule has 1 saturated heterocycles. The number of hydrogen-bond donors (Lipinski definition) is 0.